The Hall–Kier alpha value is -3.17. The molecule has 0 aliphatic rings. The number of hydrogen-bond acceptors (Lipinski definition) is 5. The molecule has 3 aromatic rings. The molecule has 0 atom stereocenters. The summed E-state index contributed by atoms with van der Waals surface area (Å²) in [5.74, 6) is -1.11. The van der Waals surface area contributed by atoms with Gasteiger partial charge in [0.25, 0.3) is 0 Å². The maximum Gasteiger partial charge on any atom is 0.355 e. The van der Waals surface area contributed by atoms with Crippen LogP contribution in [0.25, 0.3) is 5.69 Å². The second kappa shape index (κ2) is 8.29. The summed E-state index contributed by atoms with van der Waals surface area (Å²) in [4.78, 5) is 25.0. The van der Waals surface area contributed by atoms with E-state index < -0.39 is 22.6 Å². The molecule has 0 saturated heterocycles. The van der Waals surface area contributed by atoms with Crippen LogP contribution in [0.2, 0.25) is 0 Å². The Bertz CT molecular complexity index is 1210. The fourth-order valence-electron chi connectivity index (χ4n) is 3.30. The summed E-state index contributed by atoms with van der Waals surface area (Å²) in [5.41, 5.74) is 3.07. The lowest BCUT2D eigenvalue weighted by Crippen LogP contribution is -2.18. The number of ketones is 1. The number of carbonyl (C=O) groups is 2. The molecule has 3 rings (SSSR count). The van der Waals surface area contributed by atoms with Gasteiger partial charge in [-0.2, -0.15) is 0 Å². The number of benzene rings is 1. The molecule has 1 aromatic carbocycles. The molecule has 0 fully saturated rings. The van der Waals surface area contributed by atoms with E-state index in [4.69, 9.17) is 4.74 Å². The van der Waals surface area contributed by atoms with Gasteiger partial charge in [-0.3, -0.25) is 4.79 Å². The Kier molecular flexibility index (Phi) is 5.95. The van der Waals surface area contributed by atoms with Gasteiger partial charge in [0.05, 0.1) is 0 Å². The van der Waals surface area contributed by atoms with Crippen molar-refractivity contribution in [2.75, 3.05) is 13.7 Å². The van der Waals surface area contributed by atoms with Crippen molar-refractivity contribution >= 4 is 21.8 Å². The number of sulfonamides is 1. The quantitative estimate of drug-likeness (QED) is 0.459. The van der Waals surface area contributed by atoms with Gasteiger partial charge in [-0.05, 0) is 45.2 Å². The summed E-state index contributed by atoms with van der Waals surface area (Å²) in [5, 5.41) is 0. The van der Waals surface area contributed by atoms with E-state index in [0.29, 0.717) is 5.56 Å². The topological polar surface area (TPSA) is 99.4 Å². The number of rotatable bonds is 7. The van der Waals surface area contributed by atoms with Gasteiger partial charge in [-0.15, -0.1) is 0 Å². The van der Waals surface area contributed by atoms with Crippen LogP contribution in [0.4, 0.5) is 0 Å². The first-order valence-corrected chi connectivity index (χ1v) is 10.7. The van der Waals surface area contributed by atoms with Crippen LogP contribution in [0.5, 0.6) is 0 Å². The molecule has 0 saturated carbocycles. The van der Waals surface area contributed by atoms with E-state index >= 15 is 0 Å². The molecule has 0 aliphatic heterocycles. The van der Waals surface area contributed by atoms with Gasteiger partial charge < -0.3 is 13.9 Å². The largest absolute Gasteiger partial charge is 0.453 e. The van der Waals surface area contributed by atoms with Gasteiger partial charge in [0, 0.05) is 35.9 Å². The highest BCUT2D eigenvalue weighted by atomic mass is 32.2. The highest BCUT2D eigenvalue weighted by Gasteiger charge is 2.22. The summed E-state index contributed by atoms with van der Waals surface area (Å²) in [7, 11) is -0.879. The van der Waals surface area contributed by atoms with Crippen LogP contribution in [-0.2, 0) is 21.8 Å². The third-order valence-electron chi connectivity index (χ3n) is 4.85. The number of para-hydroxylation sites is 1. The SMILES string of the molecule is CNS(=O)(=O)c1cc(C(=O)OCC(=O)c2cc(C)n(-c3ccccc3)c2C)n(C)c1. The molecule has 1 N–H and O–H groups in total. The Morgan fingerprint density at radius 3 is 2.40 bits per heavy atom. The van der Waals surface area contributed by atoms with Crippen molar-refractivity contribution in [1.82, 2.24) is 13.9 Å². The maximum atomic E-state index is 12.7. The third kappa shape index (κ3) is 4.07. The molecular formula is C21H23N3O5S. The molecule has 0 aliphatic carbocycles. The average molecular weight is 429 g/mol. The van der Waals surface area contributed by atoms with Crippen LogP contribution < -0.4 is 4.72 Å². The number of aromatic nitrogens is 2. The minimum atomic E-state index is -3.69. The van der Waals surface area contributed by atoms with Crippen LogP contribution in [0.15, 0.2) is 53.6 Å². The van der Waals surface area contributed by atoms with Crippen molar-refractivity contribution < 1.29 is 22.7 Å². The lowest BCUT2D eigenvalue weighted by atomic mass is 10.1. The molecule has 30 heavy (non-hydrogen) atoms. The van der Waals surface area contributed by atoms with E-state index in [1.165, 1.54) is 30.9 Å². The van der Waals surface area contributed by atoms with Crippen molar-refractivity contribution in [2.24, 2.45) is 7.05 Å². The van der Waals surface area contributed by atoms with Gasteiger partial charge in [-0.25, -0.2) is 17.9 Å². The lowest BCUT2D eigenvalue weighted by molar-refractivity contribution is 0.0465. The fraction of sp³-hybridized carbons (Fsp3) is 0.238. The number of Topliss-reactive ketones (excluding diaryl/α,β-unsaturated/α-hetero) is 1. The van der Waals surface area contributed by atoms with Crippen LogP contribution in [-0.4, -0.2) is 43.0 Å². The molecule has 2 heterocycles. The minimum absolute atomic E-state index is 0.0337. The lowest BCUT2D eigenvalue weighted by Gasteiger charge is -2.09. The monoisotopic (exact) mass is 429 g/mol. The fourth-order valence-corrected chi connectivity index (χ4v) is 4.10. The van der Waals surface area contributed by atoms with Crippen molar-refractivity contribution in [3.05, 3.63) is 71.3 Å². The zero-order valence-corrected chi connectivity index (χ0v) is 18.0. The highest BCUT2D eigenvalue weighted by molar-refractivity contribution is 7.89. The molecule has 0 bridgehead atoms. The molecule has 0 spiro atoms. The first-order chi connectivity index (χ1) is 14.2. The molecule has 0 unspecified atom stereocenters. The molecule has 9 heteroatoms. The van der Waals surface area contributed by atoms with Crippen LogP contribution >= 0.6 is 0 Å². The summed E-state index contributed by atoms with van der Waals surface area (Å²) >= 11 is 0. The maximum absolute atomic E-state index is 12.7. The smallest absolute Gasteiger partial charge is 0.355 e. The Labute approximate surface area is 175 Å². The van der Waals surface area contributed by atoms with Gasteiger partial charge in [0.1, 0.15) is 10.6 Å². The number of nitrogens with zero attached hydrogens (tertiary/aromatic N) is 2. The van der Waals surface area contributed by atoms with Gasteiger partial charge in [0.2, 0.25) is 15.8 Å². The van der Waals surface area contributed by atoms with Crippen molar-refractivity contribution in [1.29, 1.82) is 0 Å². The standard InChI is InChI=1S/C21H23N3O5S/c1-14-10-18(15(2)24(14)16-8-6-5-7-9-16)20(25)13-29-21(26)19-11-17(12-23(19)4)30(27,28)22-3/h5-12,22H,13H2,1-4H3. The van der Waals surface area contributed by atoms with Crippen molar-refractivity contribution in [2.45, 2.75) is 18.7 Å². The minimum Gasteiger partial charge on any atom is -0.453 e. The number of esters is 1. The molecule has 2 aromatic heterocycles. The summed E-state index contributed by atoms with van der Waals surface area (Å²) in [6, 6.07) is 12.6. The number of carbonyl (C=O) groups excluding carboxylic acids is 2. The van der Waals surface area contributed by atoms with E-state index in [2.05, 4.69) is 4.72 Å². The second-order valence-electron chi connectivity index (χ2n) is 6.83. The van der Waals surface area contributed by atoms with E-state index in [1.54, 1.807) is 6.07 Å². The molecule has 158 valence electrons. The Morgan fingerprint density at radius 2 is 1.77 bits per heavy atom. The highest BCUT2D eigenvalue weighted by Crippen LogP contribution is 2.21. The first-order valence-electron chi connectivity index (χ1n) is 9.20. The number of nitrogens with one attached hydrogen (secondary N) is 1. The number of ether oxygens (including phenoxy) is 1. The Balaban J connectivity index is 1.76. The molecular weight excluding hydrogens is 406 g/mol. The predicted molar refractivity (Wildman–Crippen MR) is 112 cm³/mol. The number of hydrogen-bond donors (Lipinski definition) is 1. The molecule has 0 amide bonds. The summed E-state index contributed by atoms with van der Waals surface area (Å²) in [6.45, 7) is 3.29. The molecule has 0 radical (unpaired) electrons. The van der Waals surface area contributed by atoms with Crippen LogP contribution in [0, 0.1) is 13.8 Å². The second-order valence-corrected chi connectivity index (χ2v) is 8.72. The van der Waals surface area contributed by atoms with E-state index in [1.807, 2.05) is 48.7 Å². The van der Waals surface area contributed by atoms with E-state index in [0.717, 1.165) is 17.1 Å². The van der Waals surface area contributed by atoms with Crippen molar-refractivity contribution in [3.8, 4) is 5.69 Å². The normalized spacial score (nSPS) is 11.5. The zero-order valence-electron chi connectivity index (χ0n) is 17.2. The third-order valence-corrected chi connectivity index (χ3v) is 6.23. The van der Waals surface area contributed by atoms with E-state index in [-0.39, 0.29) is 16.4 Å². The zero-order chi connectivity index (χ0) is 22.1. The molecule has 8 nitrogen and oxygen atoms in total. The van der Waals surface area contributed by atoms with Gasteiger partial charge in [-0.1, -0.05) is 18.2 Å². The van der Waals surface area contributed by atoms with Gasteiger partial charge in [0.15, 0.2) is 6.61 Å². The van der Waals surface area contributed by atoms with Crippen LogP contribution in [0.1, 0.15) is 32.2 Å². The predicted octanol–water partition coefficient (Wildman–Crippen LogP) is 2.38. The Morgan fingerprint density at radius 1 is 1.10 bits per heavy atom. The first kappa shape index (κ1) is 21.5. The summed E-state index contributed by atoms with van der Waals surface area (Å²) < 4.78 is 34.4. The number of aryl methyl sites for hydroxylation is 2. The van der Waals surface area contributed by atoms with Crippen molar-refractivity contribution in [3.63, 3.8) is 0 Å². The van der Waals surface area contributed by atoms with Gasteiger partial charge >= 0.3 is 5.97 Å². The summed E-state index contributed by atoms with van der Waals surface area (Å²) in [6.07, 6.45) is 1.30. The van der Waals surface area contributed by atoms with E-state index in [9.17, 15) is 18.0 Å². The average Bonchev–Trinajstić information content (AvgIpc) is 3.26. The van der Waals surface area contributed by atoms with Crippen LogP contribution in [0.3, 0.4) is 0 Å².